The minimum absolute atomic E-state index is 0.0992. The highest BCUT2D eigenvalue weighted by Crippen LogP contribution is 2.23. The highest BCUT2D eigenvalue weighted by molar-refractivity contribution is 7.99. The van der Waals surface area contributed by atoms with Crippen LogP contribution in [-0.2, 0) is 14.4 Å². The van der Waals surface area contributed by atoms with Crippen molar-refractivity contribution in [3.05, 3.63) is 12.7 Å². The van der Waals surface area contributed by atoms with Gasteiger partial charge in [0.15, 0.2) is 0 Å². The van der Waals surface area contributed by atoms with Gasteiger partial charge in [0.05, 0.1) is 5.88 Å². The van der Waals surface area contributed by atoms with Crippen LogP contribution in [0.15, 0.2) is 12.7 Å². The van der Waals surface area contributed by atoms with Gasteiger partial charge < -0.3 is 15.5 Å². The van der Waals surface area contributed by atoms with Crippen molar-refractivity contribution < 1.29 is 14.4 Å². The number of rotatable bonds is 4. The van der Waals surface area contributed by atoms with Crippen LogP contribution in [0.2, 0.25) is 0 Å². The maximum atomic E-state index is 12.3. The first-order chi connectivity index (χ1) is 9.13. The molecule has 2 N–H and O–H groups in total. The molecule has 0 spiro atoms. The summed E-state index contributed by atoms with van der Waals surface area (Å²) in [4.78, 5) is 36.9. The molecule has 2 saturated heterocycles. The van der Waals surface area contributed by atoms with Crippen molar-refractivity contribution in [2.24, 2.45) is 0 Å². The van der Waals surface area contributed by atoms with E-state index in [-0.39, 0.29) is 17.7 Å². The van der Waals surface area contributed by atoms with E-state index in [1.165, 1.54) is 0 Å². The second kappa shape index (κ2) is 6.10. The fraction of sp³-hybridized carbons (Fsp3) is 0.583. The number of carbonyl (C=O) groups excluding carboxylic acids is 3. The fourth-order valence-electron chi connectivity index (χ4n) is 2.17. The van der Waals surface area contributed by atoms with Gasteiger partial charge >= 0.3 is 0 Å². The molecular weight excluding hydrogens is 266 g/mol. The van der Waals surface area contributed by atoms with Crippen LogP contribution in [0.25, 0.3) is 0 Å². The summed E-state index contributed by atoms with van der Waals surface area (Å²) in [6.45, 7) is 3.93. The molecule has 0 bridgehead atoms. The van der Waals surface area contributed by atoms with E-state index in [1.807, 2.05) is 0 Å². The SMILES string of the molecule is C=CCNC(=O)[C@@H]1CSCN1C(=O)[C@@H]1CCC(=O)N1. The summed E-state index contributed by atoms with van der Waals surface area (Å²) in [5.41, 5.74) is 0. The van der Waals surface area contributed by atoms with Crippen LogP contribution in [0.4, 0.5) is 0 Å². The Kier molecular flexibility index (Phi) is 4.47. The minimum atomic E-state index is -0.471. The molecule has 2 aliphatic rings. The molecular formula is C12H17N3O3S. The molecule has 3 amide bonds. The van der Waals surface area contributed by atoms with Gasteiger partial charge in [0.25, 0.3) is 0 Å². The number of hydrogen-bond acceptors (Lipinski definition) is 4. The molecule has 0 aromatic rings. The summed E-state index contributed by atoms with van der Waals surface area (Å²) in [6, 6.07) is -0.921. The second-order valence-electron chi connectivity index (χ2n) is 4.52. The summed E-state index contributed by atoms with van der Waals surface area (Å²) in [7, 11) is 0. The van der Waals surface area contributed by atoms with E-state index in [0.717, 1.165) is 0 Å². The molecule has 0 saturated carbocycles. The molecule has 104 valence electrons. The van der Waals surface area contributed by atoms with Crippen LogP contribution in [-0.4, -0.2) is 52.9 Å². The molecule has 7 heteroatoms. The fourth-order valence-corrected chi connectivity index (χ4v) is 3.33. The van der Waals surface area contributed by atoms with Gasteiger partial charge in [-0.3, -0.25) is 14.4 Å². The predicted octanol–water partition coefficient (Wildman–Crippen LogP) is -0.531. The molecule has 0 aliphatic carbocycles. The standard InChI is InChI=1S/C12H17N3O3S/c1-2-5-13-11(17)9-6-19-7-15(9)12(18)8-3-4-10(16)14-8/h2,8-9H,1,3-7H2,(H,13,17)(H,14,16)/t8-,9-/m0/s1. The zero-order valence-corrected chi connectivity index (χ0v) is 11.4. The average molecular weight is 283 g/mol. The Bertz CT molecular complexity index is 413. The van der Waals surface area contributed by atoms with Crippen molar-refractivity contribution in [1.29, 1.82) is 0 Å². The monoisotopic (exact) mass is 283 g/mol. The number of carbonyl (C=O) groups is 3. The zero-order valence-electron chi connectivity index (χ0n) is 10.6. The lowest BCUT2D eigenvalue weighted by Crippen LogP contribution is -2.52. The molecule has 19 heavy (non-hydrogen) atoms. The summed E-state index contributed by atoms with van der Waals surface area (Å²) < 4.78 is 0. The van der Waals surface area contributed by atoms with E-state index >= 15 is 0 Å². The van der Waals surface area contributed by atoms with Gasteiger partial charge in [-0.2, -0.15) is 0 Å². The number of amides is 3. The number of nitrogens with one attached hydrogen (secondary N) is 2. The van der Waals surface area contributed by atoms with Crippen LogP contribution in [0.1, 0.15) is 12.8 Å². The molecule has 0 aromatic heterocycles. The first-order valence-electron chi connectivity index (χ1n) is 6.19. The lowest BCUT2D eigenvalue weighted by Gasteiger charge is -2.25. The van der Waals surface area contributed by atoms with Crippen molar-refractivity contribution in [3.8, 4) is 0 Å². The lowest BCUT2D eigenvalue weighted by atomic mass is 10.1. The summed E-state index contributed by atoms with van der Waals surface area (Å²) in [6.07, 6.45) is 2.49. The molecule has 2 fully saturated rings. The van der Waals surface area contributed by atoms with Crippen molar-refractivity contribution in [2.45, 2.75) is 24.9 Å². The van der Waals surface area contributed by atoms with Gasteiger partial charge in [-0.05, 0) is 6.42 Å². The summed E-state index contributed by atoms with van der Waals surface area (Å²) >= 11 is 1.55. The largest absolute Gasteiger partial charge is 0.351 e. The molecule has 2 heterocycles. The Morgan fingerprint density at radius 1 is 1.58 bits per heavy atom. The van der Waals surface area contributed by atoms with E-state index in [4.69, 9.17) is 0 Å². The maximum absolute atomic E-state index is 12.3. The number of nitrogens with zero attached hydrogens (tertiary/aromatic N) is 1. The molecule has 0 aromatic carbocycles. The van der Waals surface area contributed by atoms with Gasteiger partial charge in [0.2, 0.25) is 17.7 Å². The Morgan fingerprint density at radius 3 is 3.00 bits per heavy atom. The van der Waals surface area contributed by atoms with E-state index in [0.29, 0.717) is 31.0 Å². The van der Waals surface area contributed by atoms with E-state index in [1.54, 1.807) is 22.7 Å². The van der Waals surface area contributed by atoms with E-state index in [9.17, 15) is 14.4 Å². The predicted molar refractivity (Wildman–Crippen MR) is 72.3 cm³/mol. The Balaban J connectivity index is 1.97. The molecule has 2 aliphatic heterocycles. The lowest BCUT2D eigenvalue weighted by molar-refractivity contribution is -0.139. The molecule has 0 radical (unpaired) electrons. The average Bonchev–Trinajstić information content (AvgIpc) is 3.03. The normalized spacial score (nSPS) is 26.1. The van der Waals surface area contributed by atoms with Crippen molar-refractivity contribution in [1.82, 2.24) is 15.5 Å². The van der Waals surface area contributed by atoms with Crippen LogP contribution in [0.3, 0.4) is 0 Å². The number of hydrogen-bond donors (Lipinski definition) is 2. The van der Waals surface area contributed by atoms with Crippen molar-refractivity contribution >= 4 is 29.5 Å². The maximum Gasteiger partial charge on any atom is 0.246 e. The summed E-state index contributed by atoms with van der Waals surface area (Å²) in [5, 5.41) is 5.35. The third kappa shape index (κ3) is 3.09. The van der Waals surface area contributed by atoms with Crippen molar-refractivity contribution in [3.63, 3.8) is 0 Å². The van der Waals surface area contributed by atoms with E-state index in [2.05, 4.69) is 17.2 Å². The van der Waals surface area contributed by atoms with Crippen LogP contribution in [0, 0.1) is 0 Å². The Labute approximate surface area is 116 Å². The van der Waals surface area contributed by atoms with Gasteiger partial charge in [-0.1, -0.05) is 6.08 Å². The zero-order chi connectivity index (χ0) is 13.8. The highest BCUT2D eigenvalue weighted by atomic mass is 32.2. The highest BCUT2D eigenvalue weighted by Gasteiger charge is 2.39. The second-order valence-corrected chi connectivity index (χ2v) is 5.52. The molecule has 2 atom stereocenters. The third-order valence-electron chi connectivity index (χ3n) is 3.18. The smallest absolute Gasteiger partial charge is 0.246 e. The molecule has 0 unspecified atom stereocenters. The first-order valence-corrected chi connectivity index (χ1v) is 7.35. The van der Waals surface area contributed by atoms with E-state index < -0.39 is 12.1 Å². The first kappa shape index (κ1) is 13.9. The quantitative estimate of drug-likeness (QED) is 0.680. The molecule has 6 nitrogen and oxygen atoms in total. The topological polar surface area (TPSA) is 78.5 Å². The Hall–Kier alpha value is -1.50. The Morgan fingerprint density at radius 2 is 2.37 bits per heavy atom. The van der Waals surface area contributed by atoms with Crippen LogP contribution < -0.4 is 10.6 Å². The van der Waals surface area contributed by atoms with Crippen molar-refractivity contribution in [2.75, 3.05) is 18.2 Å². The third-order valence-corrected chi connectivity index (χ3v) is 4.19. The minimum Gasteiger partial charge on any atom is -0.351 e. The summed E-state index contributed by atoms with van der Waals surface area (Å²) in [5.74, 6) is 0.669. The van der Waals surface area contributed by atoms with Gasteiger partial charge in [0.1, 0.15) is 12.1 Å². The number of thioether (sulfide) groups is 1. The van der Waals surface area contributed by atoms with Crippen LogP contribution >= 0.6 is 11.8 Å². The van der Waals surface area contributed by atoms with Gasteiger partial charge in [-0.15, -0.1) is 18.3 Å². The van der Waals surface area contributed by atoms with Gasteiger partial charge in [0, 0.05) is 18.7 Å². The molecule has 2 rings (SSSR count). The van der Waals surface area contributed by atoms with Crippen LogP contribution in [0.5, 0.6) is 0 Å². The van der Waals surface area contributed by atoms with Gasteiger partial charge in [-0.25, -0.2) is 0 Å².